The Morgan fingerprint density at radius 1 is 1.33 bits per heavy atom. The molecule has 5 nitrogen and oxygen atoms in total. The highest BCUT2D eigenvalue weighted by molar-refractivity contribution is 7.92. The molecule has 1 aromatic carbocycles. The Bertz CT molecular complexity index is 618. The van der Waals surface area contributed by atoms with Crippen LogP contribution in [0.5, 0.6) is 0 Å². The maximum absolute atomic E-state index is 11.9. The van der Waals surface area contributed by atoms with E-state index in [4.69, 9.17) is 23.2 Å². The second-order valence-electron chi connectivity index (χ2n) is 5.04. The number of halogens is 2. The molecule has 0 bridgehead atoms. The Balaban J connectivity index is 3.03. The molecular weight excluding hydrogens is 335 g/mol. The summed E-state index contributed by atoms with van der Waals surface area (Å²) in [7, 11) is -3.66. The second kappa shape index (κ2) is 7.33. The molecule has 1 aromatic rings. The van der Waals surface area contributed by atoms with Crippen molar-refractivity contribution in [1.29, 1.82) is 0 Å². The molecule has 0 aliphatic rings. The number of benzene rings is 1. The summed E-state index contributed by atoms with van der Waals surface area (Å²) in [6.07, 6.45) is 1.01. The number of sulfonamides is 1. The average molecular weight is 353 g/mol. The van der Waals surface area contributed by atoms with Crippen LogP contribution in [0.25, 0.3) is 0 Å². The zero-order valence-electron chi connectivity index (χ0n) is 12.1. The first-order valence-corrected chi connectivity index (χ1v) is 8.91. The molecule has 0 unspecified atom stereocenters. The third-order valence-corrected chi connectivity index (χ3v) is 4.53. The fraction of sp³-hybridized carbons (Fsp3) is 0.462. The molecule has 0 fully saturated rings. The predicted octanol–water partition coefficient (Wildman–Crippen LogP) is 2.53. The average Bonchev–Trinajstić information content (AvgIpc) is 2.36. The number of nitrogens with zero attached hydrogens (tertiary/aromatic N) is 1. The largest absolute Gasteiger partial charge is 0.354 e. The molecule has 0 atom stereocenters. The summed E-state index contributed by atoms with van der Waals surface area (Å²) in [6.45, 7) is 4.02. The van der Waals surface area contributed by atoms with E-state index in [0.29, 0.717) is 6.54 Å². The maximum Gasteiger partial charge on any atom is 0.240 e. The van der Waals surface area contributed by atoms with Gasteiger partial charge in [-0.25, -0.2) is 8.42 Å². The van der Waals surface area contributed by atoms with Crippen molar-refractivity contribution in [2.24, 2.45) is 5.92 Å². The van der Waals surface area contributed by atoms with Gasteiger partial charge in [-0.1, -0.05) is 43.1 Å². The third kappa shape index (κ3) is 5.37. The molecule has 21 heavy (non-hydrogen) atoms. The lowest BCUT2D eigenvalue weighted by Crippen LogP contribution is -2.41. The minimum Gasteiger partial charge on any atom is -0.354 e. The van der Waals surface area contributed by atoms with Gasteiger partial charge in [-0.05, 0) is 18.1 Å². The van der Waals surface area contributed by atoms with Crippen molar-refractivity contribution >= 4 is 44.8 Å². The van der Waals surface area contributed by atoms with Crippen molar-refractivity contribution in [2.75, 3.05) is 23.7 Å². The van der Waals surface area contributed by atoms with E-state index >= 15 is 0 Å². The van der Waals surface area contributed by atoms with Gasteiger partial charge < -0.3 is 5.32 Å². The monoisotopic (exact) mass is 352 g/mol. The van der Waals surface area contributed by atoms with Crippen LogP contribution in [0, 0.1) is 5.92 Å². The third-order valence-electron chi connectivity index (χ3n) is 2.59. The lowest BCUT2D eigenvalue weighted by molar-refractivity contribution is -0.119. The van der Waals surface area contributed by atoms with E-state index in [1.807, 2.05) is 13.8 Å². The van der Waals surface area contributed by atoms with Crippen LogP contribution in [-0.4, -0.2) is 33.7 Å². The molecule has 0 heterocycles. The minimum atomic E-state index is -3.66. The first kappa shape index (κ1) is 18.1. The number of amides is 1. The van der Waals surface area contributed by atoms with E-state index in [1.54, 1.807) is 12.1 Å². The van der Waals surface area contributed by atoms with Gasteiger partial charge in [0, 0.05) is 6.54 Å². The molecule has 0 aromatic heterocycles. The van der Waals surface area contributed by atoms with E-state index in [1.165, 1.54) is 6.07 Å². The van der Waals surface area contributed by atoms with Crippen molar-refractivity contribution in [3.05, 3.63) is 28.2 Å². The topological polar surface area (TPSA) is 66.5 Å². The number of hydrogen-bond donors (Lipinski definition) is 1. The molecule has 0 spiro atoms. The van der Waals surface area contributed by atoms with Gasteiger partial charge in [-0.2, -0.15) is 0 Å². The van der Waals surface area contributed by atoms with Crippen LogP contribution in [0.3, 0.4) is 0 Å². The van der Waals surface area contributed by atoms with Crippen molar-refractivity contribution in [3.8, 4) is 0 Å². The fourth-order valence-electron chi connectivity index (χ4n) is 1.57. The zero-order valence-corrected chi connectivity index (χ0v) is 14.4. The maximum atomic E-state index is 11.9. The molecule has 1 amide bonds. The first-order chi connectivity index (χ1) is 9.62. The van der Waals surface area contributed by atoms with E-state index in [2.05, 4.69) is 5.32 Å². The quantitative estimate of drug-likeness (QED) is 0.855. The highest BCUT2D eigenvalue weighted by atomic mass is 35.5. The SMILES string of the molecule is CC(C)CNC(=O)CN(c1cccc(Cl)c1Cl)S(C)(=O)=O. The lowest BCUT2D eigenvalue weighted by Gasteiger charge is -2.23. The Labute approximate surface area is 135 Å². The van der Waals surface area contributed by atoms with Crippen molar-refractivity contribution in [3.63, 3.8) is 0 Å². The summed E-state index contributed by atoms with van der Waals surface area (Å²) >= 11 is 11.9. The van der Waals surface area contributed by atoms with Gasteiger partial charge >= 0.3 is 0 Å². The number of anilines is 1. The molecule has 0 aliphatic heterocycles. The smallest absolute Gasteiger partial charge is 0.240 e. The van der Waals surface area contributed by atoms with E-state index in [9.17, 15) is 13.2 Å². The fourth-order valence-corrected chi connectivity index (χ4v) is 2.88. The zero-order chi connectivity index (χ0) is 16.2. The standard InChI is InChI=1S/C13H18Cl2N2O3S/c1-9(2)7-16-12(18)8-17(21(3,19)20)11-6-4-5-10(14)13(11)15/h4-6,9H,7-8H2,1-3H3,(H,16,18). The van der Waals surface area contributed by atoms with Gasteiger partial charge in [0.1, 0.15) is 6.54 Å². The molecule has 1 N–H and O–H groups in total. The Kier molecular flexibility index (Phi) is 6.31. The van der Waals surface area contributed by atoms with Crippen LogP contribution in [0.15, 0.2) is 18.2 Å². The molecule has 118 valence electrons. The second-order valence-corrected chi connectivity index (χ2v) is 7.73. The summed E-state index contributed by atoms with van der Waals surface area (Å²) in [6, 6.07) is 4.63. The van der Waals surface area contributed by atoms with Crippen LogP contribution >= 0.6 is 23.2 Å². The van der Waals surface area contributed by atoms with Crippen molar-refractivity contribution < 1.29 is 13.2 Å². The summed E-state index contributed by atoms with van der Waals surface area (Å²) in [4.78, 5) is 11.9. The summed E-state index contributed by atoms with van der Waals surface area (Å²) in [5.41, 5.74) is 0.186. The van der Waals surface area contributed by atoms with Gasteiger partial charge in [0.05, 0.1) is 22.0 Å². The number of carbonyl (C=O) groups is 1. The van der Waals surface area contributed by atoms with Gasteiger partial charge in [-0.15, -0.1) is 0 Å². The molecule has 0 aliphatic carbocycles. The molecular formula is C13H18Cl2N2O3S. The molecule has 8 heteroatoms. The van der Waals surface area contributed by atoms with Crippen LogP contribution in [0.4, 0.5) is 5.69 Å². The molecule has 0 radical (unpaired) electrons. The van der Waals surface area contributed by atoms with Crippen molar-refractivity contribution in [2.45, 2.75) is 13.8 Å². The highest BCUT2D eigenvalue weighted by Crippen LogP contribution is 2.33. The molecule has 0 saturated carbocycles. The van der Waals surface area contributed by atoms with Crippen molar-refractivity contribution in [1.82, 2.24) is 5.32 Å². The predicted molar refractivity (Wildman–Crippen MR) is 86.5 cm³/mol. The normalized spacial score (nSPS) is 11.5. The first-order valence-electron chi connectivity index (χ1n) is 6.31. The van der Waals surface area contributed by atoms with E-state index < -0.39 is 15.9 Å². The Morgan fingerprint density at radius 2 is 1.95 bits per heavy atom. The summed E-state index contributed by atoms with van der Waals surface area (Å²) < 4.78 is 24.8. The van der Waals surface area contributed by atoms with E-state index in [-0.39, 0.29) is 28.2 Å². The van der Waals surface area contributed by atoms with Gasteiger partial charge in [0.25, 0.3) is 0 Å². The number of rotatable bonds is 6. The molecule has 0 saturated heterocycles. The summed E-state index contributed by atoms with van der Waals surface area (Å²) in [5, 5.41) is 2.99. The Morgan fingerprint density at radius 3 is 2.48 bits per heavy atom. The molecule has 1 rings (SSSR count). The van der Waals surface area contributed by atoms with Crippen LogP contribution in [0.1, 0.15) is 13.8 Å². The van der Waals surface area contributed by atoms with Gasteiger partial charge in [0.15, 0.2) is 0 Å². The van der Waals surface area contributed by atoms with Crippen LogP contribution in [0.2, 0.25) is 10.0 Å². The van der Waals surface area contributed by atoms with E-state index in [0.717, 1.165) is 10.6 Å². The van der Waals surface area contributed by atoms with Gasteiger partial charge in [-0.3, -0.25) is 9.10 Å². The highest BCUT2D eigenvalue weighted by Gasteiger charge is 2.23. The number of nitrogens with one attached hydrogen (secondary N) is 1. The number of carbonyl (C=O) groups excluding carboxylic acids is 1. The Hall–Kier alpha value is -0.980. The summed E-state index contributed by atoms with van der Waals surface area (Å²) in [5.74, 6) is -0.124. The number of hydrogen-bond acceptors (Lipinski definition) is 3. The lowest BCUT2D eigenvalue weighted by atomic mass is 10.2. The van der Waals surface area contributed by atoms with Crippen LogP contribution < -0.4 is 9.62 Å². The van der Waals surface area contributed by atoms with Gasteiger partial charge in [0.2, 0.25) is 15.9 Å². The van der Waals surface area contributed by atoms with Crippen LogP contribution in [-0.2, 0) is 14.8 Å². The minimum absolute atomic E-state index is 0.0984.